The lowest BCUT2D eigenvalue weighted by atomic mass is 9.90. The van der Waals surface area contributed by atoms with Gasteiger partial charge in [0, 0.05) is 38.1 Å². The van der Waals surface area contributed by atoms with Crippen LogP contribution in [0.1, 0.15) is 35.3 Å². The number of aromatic amines is 1. The molecular formula is C20H22FN5O2. The number of aryl methyl sites for hydroxylation is 1. The van der Waals surface area contributed by atoms with Crippen LogP contribution in [0.4, 0.5) is 4.39 Å². The Hall–Kier alpha value is -3.00. The molecule has 3 aromatic rings. The summed E-state index contributed by atoms with van der Waals surface area (Å²) in [6, 6.07) is 7.91. The normalized spacial score (nSPS) is 16.3. The number of aromatic nitrogens is 4. The number of H-pyrrole nitrogens is 1. The first-order valence-electron chi connectivity index (χ1n) is 9.29. The Morgan fingerprint density at radius 2 is 2.07 bits per heavy atom. The largest absolute Gasteiger partial charge is 0.385 e. The second-order valence-corrected chi connectivity index (χ2v) is 7.12. The van der Waals surface area contributed by atoms with Crippen molar-refractivity contribution in [2.24, 2.45) is 13.0 Å². The van der Waals surface area contributed by atoms with Crippen molar-refractivity contribution in [1.82, 2.24) is 24.6 Å². The minimum Gasteiger partial charge on any atom is -0.385 e. The summed E-state index contributed by atoms with van der Waals surface area (Å²) in [4.78, 5) is 18.7. The predicted molar refractivity (Wildman–Crippen MR) is 101 cm³/mol. The molecule has 0 aliphatic carbocycles. The predicted octanol–water partition coefficient (Wildman–Crippen LogP) is 2.54. The van der Waals surface area contributed by atoms with Gasteiger partial charge >= 0.3 is 0 Å². The highest BCUT2D eigenvalue weighted by molar-refractivity contribution is 5.93. The van der Waals surface area contributed by atoms with Crippen molar-refractivity contribution >= 4 is 5.91 Å². The molecule has 1 saturated heterocycles. The number of nitrogens with one attached hydrogen (secondary N) is 1. The lowest BCUT2D eigenvalue weighted by molar-refractivity contribution is 0.0417. The number of carbonyl (C=O) groups is 1. The Balaban J connectivity index is 1.41. The zero-order chi connectivity index (χ0) is 19.7. The maximum Gasteiger partial charge on any atom is 0.271 e. The molecule has 0 saturated carbocycles. The average molecular weight is 383 g/mol. The van der Waals surface area contributed by atoms with E-state index in [-0.39, 0.29) is 17.6 Å². The minimum absolute atomic E-state index is 0.0564. The summed E-state index contributed by atoms with van der Waals surface area (Å²) in [7, 11) is 1.86. The average Bonchev–Trinajstić information content (AvgIpc) is 3.37. The number of aliphatic hydroxyl groups excluding tert-OH is 1. The number of benzene rings is 1. The first kappa shape index (κ1) is 18.4. The van der Waals surface area contributed by atoms with Crippen molar-refractivity contribution in [2.75, 3.05) is 13.1 Å². The van der Waals surface area contributed by atoms with Crippen molar-refractivity contribution in [3.05, 3.63) is 60.1 Å². The van der Waals surface area contributed by atoms with Gasteiger partial charge in [-0.3, -0.25) is 9.89 Å². The molecule has 8 heteroatoms. The van der Waals surface area contributed by atoms with E-state index in [1.54, 1.807) is 35.4 Å². The smallest absolute Gasteiger partial charge is 0.271 e. The molecule has 3 heterocycles. The van der Waals surface area contributed by atoms with E-state index in [0.29, 0.717) is 48.7 Å². The zero-order valence-electron chi connectivity index (χ0n) is 15.5. The fourth-order valence-corrected chi connectivity index (χ4v) is 3.70. The number of nitrogens with zero attached hydrogens (tertiary/aromatic N) is 4. The molecule has 7 nitrogen and oxygen atoms in total. The van der Waals surface area contributed by atoms with Crippen LogP contribution in [0.25, 0.3) is 11.3 Å². The molecule has 0 radical (unpaired) electrons. The third kappa shape index (κ3) is 3.43. The highest BCUT2D eigenvalue weighted by Crippen LogP contribution is 2.30. The lowest BCUT2D eigenvalue weighted by Gasteiger charge is -2.33. The monoisotopic (exact) mass is 383 g/mol. The molecule has 2 aromatic heterocycles. The van der Waals surface area contributed by atoms with Gasteiger partial charge in [-0.2, -0.15) is 5.10 Å². The molecule has 0 bridgehead atoms. The van der Waals surface area contributed by atoms with Crippen LogP contribution < -0.4 is 0 Å². The lowest BCUT2D eigenvalue weighted by Crippen LogP contribution is -2.40. The van der Waals surface area contributed by atoms with Crippen LogP contribution in [0.5, 0.6) is 0 Å². The Morgan fingerprint density at radius 3 is 2.75 bits per heavy atom. The second kappa shape index (κ2) is 7.55. The van der Waals surface area contributed by atoms with Crippen LogP contribution in [0.2, 0.25) is 0 Å². The highest BCUT2D eigenvalue weighted by Gasteiger charge is 2.31. The number of rotatable bonds is 4. The molecule has 28 heavy (non-hydrogen) atoms. The van der Waals surface area contributed by atoms with Crippen LogP contribution in [0, 0.1) is 11.7 Å². The molecule has 1 amide bonds. The molecule has 1 aliphatic rings. The third-order valence-electron chi connectivity index (χ3n) is 5.35. The Bertz CT molecular complexity index is 974. The zero-order valence-corrected chi connectivity index (χ0v) is 15.5. The fourth-order valence-electron chi connectivity index (χ4n) is 3.70. The number of halogens is 1. The number of imidazole rings is 1. The first-order valence-corrected chi connectivity index (χ1v) is 9.29. The molecule has 146 valence electrons. The van der Waals surface area contributed by atoms with Gasteiger partial charge in [-0.05, 0) is 37.0 Å². The standard InChI is InChI=1S/C20H22FN5O2/c1-25-11-8-22-19(25)18(27)13-6-9-26(10-7-13)20(28)17-12-16(23-24-17)14-4-2-3-5-15(14)21/h2-5,8,11-13,18,27H,6-7,9-10H2,1H3,(H,23,24). The third-order valence-corrected chi connectivity index (χ3v) is 5.35. The van der Waals surface area contributed by atoms with Crippen LogP contribution in [0.15, 0.2) is 42.7 Å². The topological polar surface area (TPSA) is 87.0 Å². The van der Waals surface area contributed by atoms with Crippen LogP contribution in [-0.2, 0) is 7.05 Å². The van der Waals surface area contributed by atoms with E-state index in [9.17, 15) is 14.3 Å². The molecular weight excluding hydrogens is 361 g/mol. The number of hydrogen-bond acceptors (Lipinski definition) is 4. The Labute approximate surface area is 161 Å². The van der Waals surface area contributed by atoms with Crippen LogP contribution in [0.3, 0.4) is 0 Å². The van der Waals surface area contributed by atoms with E-state index in [4.69, 9.17) is 0 Å². The van der Waals surface area contributed by atoms with E-state index in [1.165, 1.54) is 6.07 Å². The number of carbonyl (C=O) groups excluding carboxylic acids is 1. The summed E-state index contributed by atoms with van der Waals surface area (Å²) in [6.45, 7) is 1.08. The quantitative estimate of drug-likeness (QED) is 0.725. The number of amides is 1. The van der Waals surface area contributed by atoms with Gasteiger partial charge in [-0.1, -0.05) is 12.1 Å². The van der Waals surface area contributed by atoms with E-state index in [0.717, 1.165) is 0 Å². The molecule has 1 unspecified atom stereocenters. The summed E-state index contributed by atoms with van der Waals surface area (Å²) < 4.78 is 15.7. The van der Waals surface area contributed by atoms with Gasteiger partial charge in [0.25, 0.3) is 5.91 Å². The second-order valence-electron chi connectivity index (χ2n) is 7.12. The molecule has 1 fully saturated rings. The number of aliphatic hydroxyl groups is 1. The summed E-state index contributed by atoms with van der Waals surface area (Å²) in [5.74, 6) is 0.158. The molecule has 1 atom stereocenters. The maximum atomic E-state index is 13.9. The maximum absolute atomic E-state index is 13.9. The van der Waals surface area contributed by atoms with Crippen molar-refractivity contribution in [2.45, 2.75) is 18.9 Å². The van der Waals surface area contributed by atoms with E-state index in [2.05, 4.69) is 15.2 Å². The van der Waals surface area contributed by atoms with Gasteiger partial charge < -0.3 is 14.6 Å². The van der Waals surface area contributed by atoms with Crippen LogP contribution >= 0.6 is 0 Å². The van der Waals surface area contributed by atoms with Crippen LogP contribution in [-0.4, -0.2) is 48.8 Å². The summed E-state index contributed by atoms with van der Waals surface area (Å²) in [6.07, 6.45) is 4.21. The van der Waals surface area contributed by atoms with E-state index < -0.39 is 6.10 Å². The minimum atomic E-state index is -0.642. The van der Waals surface area contributed by atoms with Gasteiger partial charge in [0.05, 0.1) is 5.69 Å². The Morgan fingerprint density at radius 1 is 1.32 bits per heavy atom. The van der Waals surface area contributed by atoms with Gasteiger partial charge in [-0.15, -0.1) is 0 Å². The van der Waals surface area contributed by atoms with Gasteiger partial charge in [0.2, 0.25) is 0 Å². The van der Waals surface area contributed by atoms with Gasteiger partial charge in [0.1, 0.15) is 23.4 Å². The van der Waals surface area contributed by atoms with E-state index >= 15 is 0 Å². The summed E-state index contributed by atoms with van der Waals surface area (Å²) in [5, 5.41) is 17.4. The molecule has 1 aliphatic heterocycles. The summed E-state index contributed by atoms with van der Waals surface area (Å²) >= 11 is 0. The number of likely N-dealkylation sites (tertiary alicyclic amines) is 1. The van der Waals surface area contributed by atoms with Crippen molar-refractivity contribution < 1.29 is 14.3 Å². The molecule has 0 spiro atoms. The Kier molecular flexibility index (Phi) is 4.95. The molecule has 2 N–H and O–H groups in total. The number of hydrogen-bond donors (Lipinski definition) is 2. The van der Waals surface area contributed by atoms with Crippen molar-refractivity contribution in [3.63, 3.8) is 0 Å². The first-order chi connectivity index (χ1) is 13.5. The van der Waals surface area contributed by atoms with Gasteiger partial charge in [-0.25, -0.2) is 9.37 Å². The fraction of sp³-hybridized carbons (Fsp3) is 0.350. The highest BCUT2D eigenvalue weighted by atomic mass is 19.1. The molecule has 1 aromatic carbocycles. The number of piperidine rings is 1. The van der Waals surface area contributed by atoms with Gasteiger partial charge in [0.15, 0.2) is 0 Å². The van der Waals surface area contributed by atoms with Crippen molar-refractivity contribution in [3.8, 4) is 11.3 Å². The molecule has 4 rings (SSSR count). The van der Waals surface area contributed by atoms with E-state index in [1.807, 2.05) is 17.8 Å². The SMILES string of the molecule is Cn1ccnc1C(O)C1CCN(C(=O)c2cc(-c3ccccc3F)n[nH]2)CC1. The summed E-state index contributed by atoms with van der Waals surface area (Å²) in [5.41, 5.74) is 1.09. The van der Waals surface area contributed by atoms with Crippen molar-refractivity contribution in [1.29, 1.82) is 0 Å².